The number of nitrogens with zero attached hydrogens (tertiary/aromatic N) is 1. The van der Waals surface area contributed by atoms with Gasteiger partial charge < -0.3 is 24.1 Å². The molecule has 34 heavy (non-hydrogen) atoms. The lowest BCUT2D eigenvalue weighted by atomic mass is 10.1. The minimum absolute atomic E-state index is 0.380. The van der Waals surface area contributed by atoms with E-state index in [2.05, 4.69) is 5.32 Å². The molecule has 0 radical (unpaired) electrons. The highest BCUT2D eigenvalue weighted by Crippen LogP contribution is 2.40. The van der Waals surface area contributed by atoms with E-state index in [-0.39, 0.29) is 0 Å². The molecule has 4 rings (SSSR count). The molecule has 0 amide bonds. The van der Waals surface area contributed by atoms with Gasteiger partial charge in [-0.25, -0.2) is 4.79 Å². The van der Waals surface area contributed by atoms with Crippen molar-refractivity contribution in [2.45, 2.75) is 6.92 Å². The van der Waals surface area contributed by atoms with E-state index in [1.807, 2.05) is 84.3 Å². The molecule has 7 heteroatoms. The molecule has 174 valence electrons. The van der Waals surface area contributed by atoms with E-state index in [0.29, 0.717) is 16.4 Å². The van der Waals surface area contributed by atoms with Crippen LogP contribution < -0.4 is 14.8 Å². The van der Waals surface area contributed by atoms with Crippen molar-refractivity contribution in [3.8, 4) is 28.4 Å². The predicted octanol–water partition coefficient (Wildman–Crippen LogP) is 6.65. The van der Waals surface area contributed by atoms with Gasteiger partial charge >= 0.3 is 5.97 Å². The van der Waals surface area contributed by atoms with E-state index < -0.39 is 5.97 Å². The van der Waals surface area contributed by atoms with Gasteiger partial charge in [-0.1, -0.05) is 23.7 Å². The van der Waals surface area contributed by atoms with E-state index in [1.165, 1.54) is 7.11 Å². The van der Waals surface area contributed by atoms with Gasteiger partial charge in [0.05, 0.1) is 32.7 Å². The zero-order valence-electron chi connectivity index (χ0n) is 19.4. The van der Waals surface area contributed by atoms with Crippen LogP contribution in [0.3, 0.4) is 0 Å². The van der Waals surface area contributed by atoms with Gasteiger partial charge in [0.25, 0.3) is 0 Å². The highest BCUT2D eigenvalue weighted by molar-refractivity contribution is 6.30. The van der Waals surface area contributed by atoms with E-state index >= 15 is 0 Å². The molecule has 0 spiro atoms. The zero-order valence-corrected chi connectivity index (χ0v) is 20.1. The lowest BCUT2D eigenvalue weighted by Gasteiger charge is -2.14. The number of halogens is 1. The maximum absolute atomic E-state index is 13.1. The number of methoxy groups -OCH3 is 3. The molecule has 0 unspecified atom stereocenters. The van der Waals surface area contributed by atoms with Gasteiger partial charge in [0, 0.05) is 16.4 Å². The first-order valence-electron chi connectivity index (χ1n) is 10.6. The third kappa shape index (κ3) is 4.45. The summed E-state index contributed by atoms with van der Waals surface area (Å²) < 4.78 is 17.7. The van der Waals surface area contributed by atoms with Gasteiger partial charge in [0.1, 0.15) is 11.5 Å². The summed E-state index contributed by atoms with van der Waals surface area (Å²) in [5.74, 6) is 1.00. The fraction of sp³-hybridized carbons (Fsp3) is 0.148. The minimum atomic E-state index is -0.463. The van der Waals surface area contributed by atoms with Crippen molar-refractivity contribution >= 4 is 28.9 Å². The van der Waals surface area contributed by atoms with Crippen LogP contribution >= 0.6 is 11.6 Å². The maximum Gasteiger partial charge on any atom is 0.357 e. The molecule has 4 aromatic rings. The number of carbonyl (C=O) groups is 1. The standard InChI is InChI=1S/C27H25ClN2O4/c1-17-24(29-20-9-13-22(32-2)14-10-20)26(27(31)34-4)30(21-11-15-23(33-3)16-12-21)25(17)18-5-7-19(28)8-6-18/h5-16,29H,1-4H3. The summed E-state index contributed by atoms with van der Waals surface area (Å²) in [6, 6.07) is 22.5. The lowest BCUT2D eigenvalue weighted by molar-refractivity contribution is 0.0593. The zero-order chi connectivity index (χ0) is 24.2. The van der Waals surface area contributed by atoms with E-state index in [4.69, 9.17) is 25.8 Å². The molecule has 0 saturated heterocycles. The third-order valence-corrected chi connectivity index (χ3v) is 5.85. The molecule has 0 saturated carbocycles. The van der Waals surface area contributed by atoms with Crippen LogP contribution in [0, 0.1) is 6.92 Å². The average molecular weight is 477 g/mol. The second kappa shape index (κ2) is 9.93. The highest BCUT2D eigenvalue weighted by Gasteiger charge is 2.28. The van der Waals surface area contributed by atoms with Gasteiger partial charge in [-0.15, -0.1) is 0 Å². The predicted molar refractivity (Wildman–Crippen MR) is 135 cm³/mol. The molecular formula is C27H25ClN2O4. The molecule has 3 aromatic carbocycles. The Kier molecular flexibility index (Phi) is 6.80. The number of hydrogen-bond acceptors (Lipinski definition) is 5. The maximum atomic E-state index is 13.1. The summed E-state index contributed by atoms with van der Waals surface area (Å²) in [7, 11) is 4.61. The Bertz CT molecular complexity index is 1290. The Hall–Kier alpha value is -3.90. The SMILES string of the molecule is COC(=O)c1c(Nc2ccc(OC)cc2)c(C)c(-c2ccc(Cl)cc2)n1-c1ccc(OC)cc1. The number of carbonyl (C=O) groups excluding carboxylic acids is 1. The topological polar surface area (TPSA) is 61.7 Å². The smallest absolute Gasteiger partial charge is 0.357 e. The van der Waals surface area contributed by atoms with Crippen molar-refractivity contribution in [1.29, 1.82) is 0 Å². The lowest BCUT2D eigenvalue weighted by Crippen LogP contribution is -2.12. The van der Waals surface area contributed by atoms with E-state index in [1.54, 1.807) is 14.2 Å². The average Bonchev–Trinajstić information content (AvgIpc) is 3.16. The van der Waals surface area contributed by atoms with Crippen LogP contribution in [0.15, 0.2) is 72.8 Å². The van der Waals surface area contributed by atoms with Crippen molar-refractivity contribution < 1.29 is 19.0 Å². The van der Waals surface area contributed by atoms with E-state index in [9.17, 15) is 4.79 Å². The molecular weight excluding hydrogens is 452 g/mol. The summed E-state index contributed by atoms with van der Waals surface area (Å²) in [6.45, 7) is 1.97. The van der Waals surface area contributed by atoms with Gasteiger partial charge in [-0.3, -0.25) is 0 Å². The van der Waals surface area contributed by atoms with Crippen molar-refractivity contribution in [3.05, 3.63) is 89.1 Å². The number of hydrogen-bond donors (Lipinski definition) is 1. The molecule has 1 N–H and O–H groups in total. The van der Waals surface area contributed by atoms with Gasteiger partial charge in [-0.05, 0) is 78.7 Å². The summed E-state index contributed by atoms with van der Waals surface area (Å²) >= 11 is 6.15. The summed E-state index contributed by atoms with van der Waals surface area (Å²) in [5, 5.41) is 4.05. The van der Waals surface area contributed by atoms with Gasteiger partial charge in [0.2, 0.25) is 0 Å². The first-order chi connectivity index (χ1) is 16.5. The van der Waals surface area contributed by atoms with Gasteiger partial charge in [-0.2, -0.15) is 0 Å². The Morgan fingerprint density at radius 2 is 1.38 bits per heavy atom. The van der Waals surface area contributed by atoms with Crippen molar-refractivity contribution in [1.82, 2.24) is 4.57 Å². The number of ether oxygens (including phenoxy) is 3. The molecule has 0 aliphatic rings. The normalized spacial score (nSPS) is 10.6. The Labute approximate surface area is 203 Å². The van der Waals surface area contributed by atoms with Crippen LogP contribution in [-0.2, 0) is 4.74 Å². The molecule has 0 fully saturated rings. The monoisotopic (exact) mass is 476 g/mol. The first kappa shape index (κ1) is 23.3. The van der Waals surface area contributed by atoms with Crippen molar-refractivity contribution in [2.24, 2.45) is 0 Å². The number of aromatic nitrogens is 1. The van der Waals surface area contributed by atoms with Crippen molar-refractivity contribution in [3.63, 3.8) is 0 Å². The molecule has 1 aromatic heterocycles. The van der Waals surface area contributed by atoms with Crippen LogP contribution in [0.5, 0.6) is 11.5 Å². The number of benzene rings is 3. The Morgan fingerprint density at radius 3 is 1.91 bits per heavy atom. The van der Waals surface area contributed by atoms with Crippen LogP contribution in [0.1, 0.15) is 16.1 Å². The van der Waals surface area contributed by atoms with Crippen LogP contribution in [0.4, 0.5) is 11.4 Å². The van der Waals surface area contributed by atoms with E-state index in [0.717, 1.165) is 39.7 Å². The minimum Gasteiger partial charge on any atom is -0.497 e. The first-order valence-corrected chi connectivity index (χ1v) is 11.0. The number of rotatable bonds is 7. The third-order valence-electron chi connectivity index (χ3n) is 5.60. The molecule has 6 nitrogen and oxygen atoms in total. The second-order valence-corrected chi connectivity index (χ2v) is 8.02. The summed E-state index contributed by atoms with van der Waals surface area (Å²) in [5.41, 5.74) is 5.27. The fourth-order valence-corrected chi connectivity index (χ4v) is 4.02. The van der Waals surface area contributed by atoms with Crippen LogP contribution in [-0.4, -0.2) is 31.9 Å². The van der Waals surface area contributed by atoms with Gasteiger partial charge in [0.15, 0.2) is 5.69 Å². The molecule has 0 atom stereocenters. The summed E-state index contributed by atoms with van der Waals surface area (Å²) in [4.78, 5) is 13.1. The molecule has 0 bridgehead atoms. The number of anilines is 2. The quantitative estimate of drug-likeness (QED) is 0.302. The van der Waals surface area contributed by atoms with Crippen LogP contribution in [0.25, 0.3) is 16.9 Å². The fourth-order valence-electron chi connectivity index (χ4n) is 3.89. The second-order valence-electron chi connectivity index (χ2n) is 7.58. The molecule has 1 heterocycles. The Morgan fingerprint density at radius 1 is 0.824 bits per heavy atom. The highest BCUT2D eigenvalue weighted by atomic mass is 35.5. The molecule has 0 aliphatic heterocycles. The number of esters is 1. The Balaban J connectivity index is 1.97. The largest absolute Gasteiger partial charge is 0.497 e. The van der Waals surface area contributed by atoms with Crippen molar-refractivity contribution in [2.75, 3.05) is 26.6 Å². The summed E-state index contributed by atoms with van der Waals surface area (Å²) in [6.07, 6.45) is 0. The molecule has 0 aliphatic carbocycles. The van der Waals surface area contributed by atoms with Crippen LogP contribution in [0.2, 0.25) is 5.02 Å². The number of nitrogens with one attached hydrogen (secondary N) is 1.